The van der Waals surface area contributed by atoms with Crippen molar-refractivity contribution in [2.75, 3.05) is 14.2 Å². The van der Waals surface area contributed by atoms with Crippen molar-refractivity contribution in [1.82, 2.24) is 0 Å². The van der Waals surface area contributed by atoms with Crippen LogP contribution in [-0.2, 0) is 25.7 Å². The second kappa shape index (κ2) is 25.4. The van der Waals surface area contributed by atoms with Gasteiger partial charge < -0.3 is 29.2 Å². The number of hydrogen-bond donors (Lipinski definition) is 2. The van der Waals surface area contributed by atoms with Crippen molar-refractivity contribution in [2.45, 2.75) is 109 Å². The van der Waals surface area contributed by atoms with Gasteiger partial charge in [-0.05, 0) is 196 Å². The zero-order chi connectivity index (χ0) is 48.5. The van der Waals surface area contributed by atoms with Crippen molar-refractivity contribution in [3.05, 3.63) is 185 Å². The van der Waals surface area contributed by atoms with Crippen LogP contribution in [-0.4, -0.2) is 36.7 Å². The van der Waals surface area contributed by atoms with Crippen molar-refractivity contribution < 1.29 is 38.7 Å². The van der Waals surface area contributed by atoms with Crippen molar-refractivity contribution in [2.24, 2.45) is 0 Å². The third-order valence-electron chi connectivity index (χ3n) is 11.8. The maximum absolute atomic E-state index is 11.3. The van der Waals surface area contributed by atoms with Gasteiger partial charge in [0.15, 0.2) is 6.29 Å². The predicted octanol–water partition coefficient (Wildman–Crippen LogP) is 13.4. The number of rotatable bonds is 12. The fraction of sp³-hybridized carbons (Fsp3) is 0.321. The van der Waals surface area contributed by atoms with Crippen LogP contribution in [0.1, 0.15) is 110 Å². The molecule has 6 aromatic carbocycles. The fourth-order valence-corrected chi connectivity index (χ4v) is 7.10. The Morgan fingerprint density at radius 2 is 0.846 bits per heavy atom. The van der Waals surface area contributed by atoms with E-state index in [0.717, 1.165) is 23.0 Å². The Kier molecular flexibility index (Phi) is 20.8. The first-order valence-corrected chi connectivity index (χ1v) is 22.0. The second-order valence-corrected chi connectivity index (χ2v) is 16.7. The lowest BCUT2D eigenvalue weighted by molar-refractivity contribution is 0.0691. The number of aryl methyl sites for hydroxylation is 8. The maximum Gasteiger partial charge on any atom is 0.339 e. The number of carbonyl (C=O) groups is 2. The molecule has 2 N–H and O–H groups in total. The number of benzene rings is 6. The van der Waals surface area contributed by atoms with Crippen LogP contribution < -0.4 is 18.9 Å². The van der Waals surface area contributed by atoms with E-state index in [2.05, 4.69) is 119 Å². The molecule has 0 aliphatic rings. The topological polar surface area (TPSA) is 112 Å². The van der Waals surface area contributed by atoms with Crippen LogP contribution in [0.2, 0.25) is 0 Å². The normalized spacial score (nSPS) is 10.3. The van der Waals surface area contributed by atoms with Crippen LogP contribution in [0.4, 0.5) is 0 Å². The highest BCUT2D eigenvalue weighted by atomic mass is 35.5. The van der Waals surface area contributed by atoms with E-state index < -0.39 is 5.97 Å². The number of carbonyl (C=O) groups excluding carboxylic acids is 1. The van der Waals surface area contributed by atoms with E-state index in [4.69, 9.17) is 35.7 Å². The summed E-state index contributed by atoms with van der Waals surface area (Å²) in [7, 11) is 3.12. The molecule has 0 bridgehead atoms. The van der Waals surface area contributed by atoms with Crippen molar-refractivity contribution in [3.8, 4) is 23.0 Å². The Bertz CT molecular complexity index is 2420. The number of aldehydes is 1. The van der Waals surface area contributed by atoms with E-state index in [9.17, 15) is 14.7 Å². The monoisotopic (exact) mass is 902 g/mol. The molecule has 0 fully saturated rings. The average Bonchev–Trinajstić information content (AvgIpc) is 3.29. The minimum Gasteiger partial charge on any atom is -0.497 e. The fourth-order valence-electron chi connectivity index (χ4n) is 6.95. The van der Waals surface area contributed by atoms with E-state index in [-0.39, 0.29) is 12.2 Å². The number of alkyl halides is 1. The number of aliphatic hydroxyl groups is 1. The first-order chi connectivity index (χ1) is 30.8. The quantitative estimate of drug-likeness (QED) is 0.0923. The molecule has 0 atom stereocenters. The number of aliphatic hydroxyl groups excluding tert-OH is 1. The average molecular weight is 904 g/mol. The molecule has 0 spiro atoms. The SMILES string of the molecule is COc1ccc(C(=O)O)c(OCc2cc(C)c(C)c(C)c2)c1.COc1ccc(C=O)c(OCc2cc(C)c(C)c(C)c2)c1.Cc1cc(CCl)cc(C)c1C.Cc1cc(CO)cc(C)c1C. The molecule has 0 aromatic heterocycles. The van der Waals surface area contributed by atoms with Gasteiger partial charge in [0, 0.05) is 18.0 Å². The summed E-state index contributed by atoms with van der Waals surface area (Å²) in [5.41, 5.74) is 20.3. The molecule has 6 rings (SSSR count). The Labute approximate surface area is 392 Å². The third-order valence-corrected chi connectivity index (χ3v) is 12.1. The number of carboxylic acid groups (broad SMARTS) is 1. The highest BCUT2D eigenvalue weighted by Crippen LogP contribution is 2.28. The zero-order valence-corrected chi connectivity index (χ0v) is 41.5. The molecule has 0 aliphatic heterocycles. The summed E-state index contributed by atoms with van der Waals surface area (Å²) in [6, 6.07) is 26.6. The maximum atomic E-state index is 11.3. The molecule has 0 aliphatic carbocycles. The van der Waals surface area contributed by atoms with Crippen LogP contribution in [0.15, 0.2) is 84.9 Å². The van der Waals surface area contributed by atoms with Gasteiger partial charge in [-0.1, -0.05) is 48.5 Å². The van der Waals surface area contributed by atoms with Crippen LogP contribution >= 0.6 is 11.6 Å². The molecular weight excluding hydrogens is 836 g/mol. The number of halogens is 1. The summed E-state index contributed by atoms with van der Waals surface area (Å²) in [5, 5.41) is 18.1. The molecule has 0 saturated heterocycles. The molecule has 8 nitrogen and oxygen atoms in total. The molecule has 0 heterocycles. The number of carboxylic acids is 1. The van der Waals surface area contributed by atoms with E-state index in [1.54, 1.807) is 37.4 Å². The predicted molar refractivity (Wildman–Crippen MR) is 265 cm³/mol. The highest BCUT2D eigenvalue weighted by Gasteiger charge is 2.14. The van der Waals surface area contributed by atoms with Gasteiger partial charge in [0.05, 0.1) is 26.4 Å². The second-order valence-electron chi connectivity index (χ2n) is 16.5. The van der Waals surface area contributed by atoms with E-state index in [1.165, 1.54) is 85.5 Å². The molecule has 0 radical (unpaired) electrons. The Morgan fingerprint density at radius 3 is 1.18 bits per heavy atom. The van der Waals surface area contributed by atoms with Crippen molar-refractivity contribution in [1.29, 1.82) is 0 Å². The summed E-state index contributed by atoms with van der Waals surface area (Å²) >= 11 is 5.72. The van der Waals surface area contributed by atoms with Gasteiger partial charge in [0.2, 0.25) is 0 Å². The first-order valence-electron chi connectivity index (χ1n) is 21.5. The van der Waals surface area contributed by atoms with E-state index >= 15 is 0 Å². The number of methoxy groups -OCH3 is 2. The number of aromatic carboxylic acids is 1. The standard InChI is InChI=1S/C18H20O4.C18H20O3.C10H13Cl.C10H14O/c1-11-7-14(8-12(2)13(11)3)10-22-17-9-15(21-4)5-6-16(17)18(19)20;1-12-7-15(8-13(2)14(12)3)11-21-18-9-17(20-4)6-5-16(18)10-19;2*1-7-4-10(6-11)5-8(2)9(7)3/h5-9H,10H2,1-4H3,(H,19,20);5-10H,11H2,1-4H3;4-5H,6H2,1-3H3;4-5,11H,6H2,1-3H3. The lowest BCUT2D eigenvalue weighted by Gasteiger charge is -2.13. The third kappa shape index (κ3) is 15.5. The molecular formula is C56H67ClO8. The largest absolute Gasteiger partial charge is 0.497 e. The summed E-state index contributed by atoms with van der Waals surface area (Å²) in [5.74, 6) is 1.68. The van der Waals surface area contributed by atoms with Crippen molar-refractivity contribution in [3.63, 3.8) is 0 Å². The minimum atomic E-state index is -1.02. The van der Waals surface area contributed by atoms with E-state index in [1.807, 2.05) is 12.1 Å². The molecule has 0 unspecified atom stereocenters. The van der Waals surface area contributed by atoms with Crippen LogP contribution in [0.25, 0.3) is 0 Å². The van der Waals surface area contributed by atoms with Crippen LogP contribution in [0.3, 0.4) is 0 Å². The summed E-state index contributed by atoms with van der Waals surface area (Å²) in [6.45, 7) is 26.0. The van der Waals surface area contributed by atoms with Crippen molar-refractivity contribution >= 4 is 23.9 Å². The lowest BCUT2D eigenvalue weighted by Crippen LogP contribution is -2.04. The number of hydrogen-bond acceptors (Lipinski definition) is 7. The van der Waals surface area contributed by atoms with Gasteiger partial charge in [-0.25, -0.2) is 4.79 Å². The molecule has 9 heteroatoms. The molecule has 346 valence electrons. The van der Waals surface area contributed by atoms with Gasteiger partial charge in [-0.2, -0.15) is 0 Å². The van der Waals surface area contributed by atoms with Gasteiger partial charge in [-0.15, -0.1) is 11.6 Å². The molecule has 65 heavy (non-hydrogen) atoms. The first kappa shape index (κ1) is 53.2. The summed E-state index contributed by atoms with van der Waals surface area (Å²) in [6.07, 6.45) is 0.792. The zero-order valence-electron chi connectivity index (χ0n) is 40.7. The van der Waals surface area contributed by atoms with Gasteiger partial charge >= 0.3 is 5.97 Å². The lowest BCUT2D eigenvalue weighted by atomic mass is 10.0. The smallest absolute Gasteiger partial charge is 0.339 e. The highest BCUT2D eigenvalue weighted by molar-refractivity contribution is 6.17. The molecule has 6 aromatic rings. The van der Waals surface area contributed by atoms with Crippen LogP contribution in [0.5, 0.6) is 23.0 Å². The Morgan fingerprint density at radius 1 is 0.508 bits per heavy atom. The molecule has 0 saturated carbocycles. The van der Waals surface area contributed by atoms with Gasteiger partial charge in [0.1, 0.15) is 41.8 Å². The Hall–Kier alpha value is -6.09. The van der Waals surface area contributed by atoms with Gasteiger partial charge in [0.25, 0.3) is 0 Å². The van der Waals surface area contributed by atoms with Crippen LogP contribution in [0, 0.1) is 83.1 Å². The Balaban J connectivity index is 0.000000242. The van der Waals surface area contributed by atoms with E-state index in [0.29, 0.717) is 47.7 Å². The summed E-state index contributed by atoms with van der Waals surface area (Å²) < 4.78 is 21.8. The summed E-state index contributed by atoms with van der Waals surface area (Å²) in [4.78, 5) is 22.3. The number of ether oxygens (including phenoxy) is 4. The van der Waals surface area contributed by atoms with Gasteiger partial charge in [-0.3, -0.25) is 4.79 Å². The molecule has 0 amide bonds. The minimum absolute atomic E-state index is 0.126.